The monoisotopic (exact) mass is 165 g/mol. The summed E-state index contributed by atoms with van der Waals surface area (Å²) in [4.78, 5) is 0. The second-order valence-electron chi connectivity index (χ2n) is 3.27. The van der Waals surface area contributed by atoms with Gasteiger partial charge in [-0.1, -0.05) is 6.07 Å². The van der Waals surface area contributed by atoms with E-state index in [1.807, 2.05) is 6.07 Å². The third-order valence-electron chi connectivity index (χ3n) is 2.48. The van der Waals surface area contributed by atoms with Crippen LogP contribution in [0.5, 0.6) is 0 Å². The summed E-state index contributed by atoms with van der Waals surface area (Å²) in [5.41, 5.74) is 8.51. The van der Waals surface area contributed by atoms with E-state index in [0.29, 0.717) is 12.1 Å². The molecule has 0 atom stereocenters. The van der Waals surface area contributed by atoms with Crippen molar-refractivity contribution in [2.45, 2.75) is 25.8 Å². The van der Waals surface area contributed by atoms with Crippen molar-refractivity contribution in [2.75, 3.05) is 0 Å². The van der Waals surface area contributed by atoms with Gasteiger partial charge in [0.05, 0.1) is 0 Å². The van der Waals surface area contributed by atoms with Gasteiger partial charge in [0.15, 0.2) is 0 Å². The summed E-state index contributed by atoms with van der Waals surface area (Å²) < 4.78 is 13.2. The van der Waals surface area contributed by atoms with E-state index in [9.17, 15) is 4.39 Å². The van der Waals surface area contributed by atoms with Crippen LogP contribution >= 0.6 is 0 Å². The molecule has 0 aliphatic heterocycles. The van der Waals surface area contributed by atoms with Gasteiger partial charge in [0, 0.05) is 12.1 Å². The van der Waals surface area contributed by atoms with Gasteiger partial charge in [-0.25, -0.2) is 4.39 Å². The lowest BCUT2D eigenvalue weighted by atomic mass is 10.1. The first kappa shape index (κ1) is 7.74. The minimum Gasteiger partial charge on any atom is -0.326 e. The van der Waals surface area contributed by atoms with Gasteiger partial charge in [-0.15, -0.1) is 0 Å². The Hall–Kier alpha value is -0.890. The van der Waals surface area contributed by atoms with Crippen LogP contribution in [0.25, 0.3) is 0 Å². The fourth-order valence-corrected chi connectivity index (χ4v) is 1.80. The molecule has 1 aliphatic carbocycles. The van der Waals surface area contributed by atoms with Crippen molar-refractivity contribution in [1.82, 2.24) is 0 Å². The Balaban J connectivity index is 2.49. The number of hydrogen-bond acceptors (Lipinski definition) is 1. The molecule has 0 unspecified atom stereocenters. The fraction of sp³-hybridized carbons (Fsp3) is 0.400. The highest BCUT2D eigenvalue weighted by Crippen LogP contribution is 2.24. The normalized spacial score (nSPS) is 14.8. The average Bonchev–Trinajstić information content (AvgIpc) is 2.49. The van der Waals surface area contributed by atoms with Crippen LogP contribution in [-0.2, 0) is 19.4 Å². The summed E-state index contributed by atoms with van der Waals surface area (Å²) in [7, 11) is 0. The molecule has 1 nitrogen and oxygen atoms in total. The largest absolute Gasteiger partial charge is 0.326 e. The summed E-state index contributed by atoms with van der Waals surface area (Å²) in [5.74, 6) is -0.141. The Labute approximate surface area is 71.4 Å². The molecule has 1 aliphatic rings. The molecule has 0 aromatic heterocycles. The number of hydrogen-bond donors (Lipinski definition) is 1. The van der Waals surface area contributed by atoms with Crippen molar-refractivity contribution in [2.24, 2.45) is 5.73 Å². The van der Waals surface area contributed by atoms with Crippen molar-refractivity contribution in [3.8, 4) is 0 Å². The molecular weight excluding hydrogens is 153 g/mol. The third kappa shape index (κ3) is 1.12. The van der Waals surface area contributed by atoms with Crippen molar-refractivity contribution >= 4 is 0 Å². The summed E-state index contributed by atoms with van der Waals surface area (Å²) in [6.45, 7) is 0.305. The van der Waals surface area contributed by atoms with Gasteiger partial charge in [0.2, 0.25) is 0 Å². The Bertz CT molecular complexity index is 306. The average molecular weight is 165 g/mol. The standard InChI is InChI=1S/C10H12FN/c11-10-5-8-3-1-2-7(8)4-9(10)6-12/h4-5H,1-3,6,12H2. The van der Waals surface area contributed by atoms with Gasteiger partial charge in [-0.3, -0.25) is 0 Å². The maximum absolute atomic E-state index is 13.2. The van der Waals surface area contributed by atoms with E-state index in [1.165, 1.54) is 11.1 Å². The van der Waals surface area contributed by atoms with Crippen LogP contribution in [0.2, 0.25) is 0 Å². The topological polar surface area (TPSA) is 26.0 Å². The number of nitrogens with two attached hydrogens (primary N) is 1. The second-order valence-corrected chi connectivity index (χ2v) is 3.27. The molecule has 0 saturated carbocycles. The van der Waals surface area contributed by atoms with Crippen molar-refractivity contribution in [3.63, 3.8) is 0 Å². The quantitative estimate of drug-likeness (QED) is 0.674. The number of halogens is 1. The molecule has 0 amide bonds. The Kier molecular flexibility index (Phi) is 1.85. The van der Waals surface area contributed by atoms with Crippen LogP contribution in [0.4, 0.5) is 4.39 Å². The highest BCUT2D eigenvalue weighted by molar-refractivity contribution is 5.36. The van der Waals surface area contributed by atoms with E-state index in [2.05, 4.69) is 0 Å². The lowest BCUT2D eigenvalue weighted by Gasteiger charge is -2.03. The lowest BCUT2D eigenvalue weighted by molar-refractivity contribution is 0.608. The van der Waals surface area contributed by atoms with Gasteiger partial charge in [-0.05, 0) is 36.5 Å². The molecule has 64 valence electrons. The molecule has 0 fully saturated rings. The van der Waals surface area contributed by atoms with Gasteiger partial charge in [0.1, 0.15) is 5.82 Å². The van der Waals surface area contributed by atoms with Gasteiger partial charge < -0.3 is 5.73 Å². The van der Waals surface area contributed by atoms with E-state index in [4.69, 9.17) is 5.73 Å². The number of fused-ring (bicyclic) bond motifs is 1. The zero-order chi connectivity index (χ0) is 8.55. The molecule has 0 spiro atoms. The first-order chi connectivity index (χ1) is 5.81. The van der Waals surface area contributed by atoms with Crippen molar-refractivity contribution in [3.05, 3.63) is 34.6 Å². The molecule has 2 heteroatoms. The van der Waals surface area contributed by atoms with Crippen LogP contribution in [-0.4, -0.2) is 0 Å². The van der Waals surface area contributed by atoms with Crippen LogP contribution in [0.1, 0.15) is 23.1 Å². The van der Waals surface area contributed by atoms with Gasteiger partial charge in [0.25, 0.3) is 0 Å². The van der Waals surface area contributed by atoms with Crippen molar-refractivity contribution in [1.29, 1.82) is 0 Å². The molecule has 0 saturated heterocycles. The minimum absolute atomic E-state index is 0.141. The van der Waals surface area contributed by atoms with E-state index in [-0.39, 0.29) is 5.82 Å². The molecule has 0 bridgehead atoms. The highest BCUT2D eigenvalue weighted by Gasteiger charge is 2.13. The lowest BCUT2D eigenvalue weighted by Crippen LogP contribution is -2.01. The molecule has 1 aromatic carbocycles. The summed E-state index contributed by atoms with van der Waals surface area (Å²) in [6, 6.07) is 3.56. The maximum atomic E-state index is 13.2. The predicted molar refractivity (Wildman–Crippen MR) is 46.3 cm³/mol. The number of rotatable bonds is 1. The van der Waals surface area contributed by atoms with E-state index in [1.54, 1.807) is 6.07 Å². The first-order valence-electron chi connectivity index (χ1n) is 4.31. The maximum Gasteiger partial charge on any atom is 0.127 e. The highest BCUT2D eigenvalue weighted by atomic mass is 19.1. The summed E-state index contributed by atoms with van der Waals surface area (Å²) >= 11 is 0. The first-order valence-corrected chi connectivity index (χ1v) is 4.31. The molecular formula is C10H12FN. The third-order valence-corrected chi connectivity index (χ3v) is 2.48. The van der Waals surface area contributed by atoms with Crippen LogP contribution in [0.15, 0.2) is 12.1 Å². The molecule has 2 N–H and O–H groups in total. The van der Waals surface area contributed by atoms with Gasteiger partial charge in [-0.2, -0.15) is 0 Å². The zero-order valence-corrected chi connectivity index (χ0v) is 6.94. The smallest absolute Gasteiger partial charge is 0.127 e. The van der Waals surface area contributed by atoms with Crippen molar-refractivity contribution < 1.29 is 4.39 Å². The minimum atomic E-state index is -0.141. The molecule has 2 rings (SSSR count). The Morgan fingerprint density at radius 2 is 1.92 bits per heavy atom. The summed E-state index contributed by atoms with van der Waals surface area (Å²) in [6.07, 6.45) is 3.27. The Morgan fingerprint density at radius 1 is 1.25 bits per heavy atom. The molecule has 0 radical (unpaired) electrons. The predicted octanol–water partition coefficient (Wildman–Crippen LogP) is 1.77. The molecule has 12 heavy (non-hydrogen) atoms. The van der Waals surface area contributed by atoms with Crippen LogP contribution in [0.3, 0.4) is 0 Å². The van der Waals surface area contributed by atoms with Crippen LogP contribution < -0.4 is 5.73 Å². The van der Waals surface area contributed by atoms with E-state index in [0.717, 1.165) is 19.3 Å². The van der Waals surface area contributed by atoms with Gasteiger partial charge >= 0.3 is 0 Å². The second kappa shape index (κ2) is 2.87. The Morgan fingerprint density at radius 3 is 2.58 bits per heavy atom. The summed E-state index contributed by atoms with van der Waals surface area (Å²) in [5, 5.41) is 0. The SMILES string of the molecule is NCc1cc2c(cc1F)CCC2. The molecule has 1 aromatic rings. The fourth-order valence-electron chi connectivity index (χ4n) is 1.80. The zero-order valence-electron chi connectivity index (χ0n) is 6.94. The number of benzene rings is 1. The van der Waals surface area contributed by atoms with Crippen LogP contribution in [0, 0.1) is 5.82 Å². The number of aryl methyl sites for hydroxylation is 2. The van der Waals surface area contributed by atoms with E-state index >= 15 is 0 Å². The van der Waals surface area contributed by atoms with E-state index < -0.39 is 0 Å². The molecule has 0 heterocycles.